The molecule has 184 valence electrons. The molecule has 0 saturated carbocycles. The van der Waals surface area contributed by atoms with Crippen LogP contribution in [-0.2, 0) is 14.3 Å². The molecule has 2 aliphatic heterocycles. The van der Waals surface area contributed by atoms with E-state index < -0.39 is 12.0 Å². The van der Waals surface area contributed by atoms with Gasteiger partial charge in [0.15, 0.2) is 4.80 Å². The monoisotopic (exact) mass is 527 g/mol. The van der Waals surface area contributed by atoms with Crippen LogP contribution in [0.1, 0.15) is 34.5 Å². The van der Waals surface area contributed by atoms with E-state index in [4.69, 9.17) is 9.73 Å². The lowest BCUT2D eigenvalue weighted by Crippen LogP contribution is -2.40. The van der Waals surface area contributed by atoms with Crippen molar-refractivity contribution >= 4 is 51.5 Å². The van der Waals surface area contributed by atoms with Crippen LogP contribution >= 0.6 is 22.7 Å². The van der Waals surface area contributed by atoms with Gasteiger partial charge in [0.2, 0.25) is 0 Å². The first kappa shape index (κ1) is 23.3. The summed E-state index contributed by atoms with van der Waals surface area (Å²) in [6, 6.07) is 18.1. The Kier molecular flexibility index (Phi) is 5.73. The van der Waals surface area contributed by atoms with Crippen molar-refractivity contribution in [3.63, 3.8) is 0 Å². The van der Waals surface area contributed by atoms with Crippen LogP contribution in [0.15, 0.2) is 81.4 Å². The fraction of sp³-hybridized carbons (Fsp3) is 0.143. The quantitative estimate of drug-likeness (QED) is 0.411. The molecule has 9 heteroatoms. The van der Waals surface area contributed by atoms with Crippen molar-refractivity contribution in [1.82, 2.24) is 4.57 Å². The van der Waals surface area contributed by atoms with Gasteiger partial charge >= 0.3 is 5.97 Å². The number of carbonyl (C=O) groups excluding carboxylic acids is 2. The SMILES string of the molecule is CCOC(=O)C1=C(c2ccccc2)N=c2s/c(=C3\C(=O)Nc4ccc(C)cc43)c(=O)n2[C@H]1c1cccs1. The average molecular weight is 528 g/mol. The molecular weight excluding hydrogens is 506 g/mol. The molecule has 0 unspecified atom stereocenters. The number of anilines is 1. The van der Waals surface area contributed by atoms with E-state index in [-0.39, 0.29) is 18.1 Å². The molecule has 2 aromatic carbocycles. The van der Waals surface area contributed by atoms with Crippen LogP contribution in [-0.4, -0.2) is 23.1 Å². The summed E-state index contributed by atoms with van der Waals surface area (Å²) in [5.41, 5.74) is 3.80. The first-order valence-corrected chi connectivity index (χ1v) is 13.4. The number of benzene rings is 2. The third kappa shape index (κ3) is 3.78. The molecule has 1 amide bonds. The maximum absolute atomic E-state index is 14.1. The number of fused-ring (bicyclic) bond motifs is 2. The van der Waals surface area contributed by atoms with Crippen LogP contribution in [0.3, 0.4) is 0 Å². The maximum Gasteiger partial charge on any atom is 0.338 e. The molecule has 7 nitrogen and oxygen atoms in total. The average Bonchev–Trinajstić information content (AvgIpc) is 3.61. The van der Waals surface area contributed by atoms with Crippen LogP contribution in [0.2, 0.25) is 0 Å². The lowest BCUT2D eigenvalue weighted by Gasteiger charge is -2.24. The summed E-state index contributed by atoms with van der Waals surface area (Å²) < 4.78 is 7.28. The fourth-order valence-corrected chi connectivity index (χ4v) is 6.63. The van der Waals surface area contributed by atoms with E-state index in [1.165, 1.54) is 15.9 Å². The van der Waals surface area contributed by atoms with Crippen LogP contribution in [0.25, 0.3) is 11.3 Å². The number of ether oxygens (including phenoxy) is 1. The van der Waals surface area contributed by atoms with Crippen molar-refractivity contribution in [1.29, 1.82) is 0 Å². The number of thiophene rings is 1. The first-order chi connectivity index (χ1) is 18.0. The molecule has 4 aromatic rings. The predicted molar refractivity (Wildman–Crippen MR) is 144 cm³/mol. The van der Waals surface area contributed by atoms with Crippen LogP contribution < -0.4 is 20.2 Å². The second-order valence-corrected chi connectivity index (χ2v) is 10.6. The number of esters is 1. The number of nitrogens with zero attached hydrogens (tertiary/aromatic N) is 2. The molecule has 1 atom stereocenters. The highest BCUT2D eigenvalue weighted by atomic mass is 32.1. The van der Waals surface area contributed by atoms with E-state index in [1.807, 2.05) is 73.0 Å². The molecule has 0 radical (unpaired) electrons. The molecule has 0 aliphatic carbocycles. The standard InChI is InChI=1S/C28H21N3O4S2/c1-3-35-27(34)21-22(16-8-5-4-6-9-16)30-28-31(23(21)19-10-7-13-36-19)26(33)24(37-28)20-17-14-15(2)11-12-18(17)29-25(20)32/h4-14,23H,3H2,1-2H3,(H,29,32)/b24-20-/t23-/m0/s1. The lowest BCUT2D eigenvalue weighted by molar-refractivity contribution is -0.138. The van der Waals surface area contributed by atoms with E-state index in [9.17, 15) is 14.4 Å². The number of carbonyl (C=O) groups is 2. The second-order valence-electron chi connectivity index (χ2n) is 8.65. The highest BCUT2D eigenvalue weighted by Gasteiger charge is 2.37. The third-order valence-electron chi connectivity index (χ3n) is 6.31. The van der Waals surface area contributed by atoms with Crippen molar-refractivity contribution in [2.45, 2.75) is 19.9 Å². The van der Waals surface area contributed by atoms with Crippen LogP contribution in [0, 0.1) is 6.92 Å². The summed E-state index contributed by atoms with van der Waals surface area (Å²) in [7, 11) is 0. The summed E-state index contributed by atoms with van der Waals surface area (Å²) in [6.45, 7) is 3.87. The minimum absolute atomic E-state index is 0.187. The fourth-order valence-electron chi connectivity index (χ4n) is 4.71. The molecule has 2 aliphatic rings. The van der Waals surface area contributed by atoms with Crippen LogP contribution in [0.4, 0.5) is 5.69 Å². The topological polar surface area (TPSA) is 89.8 Å². The highest BCUT2D eigenvalue weighted by Crippen LogP contribution is 2.37. The first-order valence-electron chi connectivity index (χ1n) is 11.7. The maximum atomic E-state index is 14.1. The molecule has 0 bridgehead atoms. The minimum Gasteiger partial charge on any atom is -0.463 e. The molecule has 2 aromatic heterocycles. The summed E-state index contributed by atoms with van der Waals surface area (Å²) in [4.78, 5) is 46.6. The van der Waals surface area contributed by atoms with Crippen molar-refractivity contribution in [3.05, 3.63) is 113 Å². The van der Waals surface area contributed by atoms with Gasteiger partial charge in [0.25, 0.3) is 11.5 Å². The normalized spacial score (nSPS) is 17.7. The molecule has 1 N–H and O–H groups in total. The van der Waals surface area contributed by atoms with Crippen molar-refractivity contribution in [2.75, 3.05) is 11.9 Å². The van der Waals surface area contributed by atoms with Crippen molar-refractivity contribution < 1.29 is 14.3 Å². The summed E-state index contributed by atoms with van der Waals surface area (Å²) in [6.07, 6.45) is 0. The van der Waals surface area contributed by atoms with E-state index in [0.29, 0.717) is 37.4 Å². The number of amides is 1. The number of hydrogen-bond acceptors (Lipinski definition) is 7. The third-order valence-corrected chi connectivity index (χ3v) is 8.29. The number of thiazole rings is 1. The second kappa shape index (κ2) is 9.10. The number of hydrogen-bond donors (Lipinski definition) is 1. The zero-order valence-corrected chi connectivity index (χ0v) is 21.6. The molecular formula is C28H21N3O4S2. The Morgan fingerprint density at radius 2 is 1.92 bits per heavy atom. The number of aryl methyl sites for hydroxylation is 1. The number of nitrogens with one attached hydrogen (secondary N) is 1. The van der Waals surface area contributed by atoms with Gasteiger partial charge in [0.05, 0.1) is 23.5 Å². The molecule has 0 fully saturated rings. The smallest absolute Gasteiger partial charge is 0.338 e. The lowest BCUT2D eigenvalue weighted by atomic mass is 9.97. The minimum atomic E-state index is -0.735. The van der Waals surface area contributed by atoms with Crippen LogP contribution in [0.5, 0.6) is 0 Å². The van der Waals surface area contributed by atoms with Crippen molar-refractivity contribution in [3.8, 4) is 0 Å². The van der Waals surface area contributed by atoms with E-state index in [1.54, 1.807) is 6.92 Å². The van der Waals surface area contributed by atoms with Gasteiger partial charge < -0.3 is 10.1 Å². The van der Waals surface area contributed by atoms with Gasteiger partial charge in [0, 0.05) is 21.7 Å². The predicted octanol–water partition coefficient (Wildman–Crippen LogP) is 3.63. The Balaban J connectivity index is 1.71. The zero-order chi connectivity index (χ0) is 25.7. The van der Waals surface area contributed by atoms with Gasteiger partial charge in [-0.25, -0.2) is 9.79 Å². The summed E-state index contributed by atoms with van der Waals surface area (Å²) in [5.74, 6) is -0.854. The van der Waals surface area contributed by atoms with E-state index in [0.717, 1.165) is 27.3 Å². The Hall–Kier alpha value is -4.08. The molecule has 4 heterocycles. The highest BCUT2D eigenvalue weighted by molar-refractivity contribution is 7.10. The molecule has 6 rings (SSSR count). The molecule has 0 spiro atoms. The summed E-state index contributed by atoms with van der Waals surface area (Å²) in [5, 5.41) is 4.77. The van der Waals surface area contributed by atoms with E-state index in [2.05, 4.69) is 5.32 Å². The molecule has 0 saturated heterocycles. The summed E-state index contributed by atoms with van der Waals surface area (Å²) >= 11 is 2.61. The van der Waals surface area contributed by atoms with Gasteiger partial charge in [-0.2, -0.15) is 0 Å². The van der Waals surface area contributed by atoms with Crippen molar-refractivity contribution in [2.24, 2.45) is 4.99 Å². The van der Waals surface area contributed by atoms with E-state index >= 15 is 0 Å². The Labute approximate surface area is 219 Å². The Morgan fingerprint density at radius 3 is 2.65 bits per heavy atom. The Bertz CT molecular complexity index is 1780. The number of rotatable bonds is 4. The van der Waals surface area contributed by atoms with Gasteiger partial charge in [-0.1, -0.05) is 59.4 Å². The molecule has 37 heavy (non-hydrogen) atoms. The Morgan fingerprint density at radius 1 is 1.11 bits per heavy atom. The number of aromatic nitrogens is 1. The van der Waals surface area contributed by atoms with Gasteiger partial charge in [-0.05, 0) is 37.4 Å². The van der Waals surface area contributed by atoms with Gasteiger partial charge in [0.1, 0.15) is 10.6 Å². The van der Waals surface area contributed by atoms with Gasteiger partial charge in [-0.3, -0.25) is 14.2 Å². The van der Waals surface area contributed by atoms with Gasteiger partial charge in [-0.15, -0.1) is 11.3 Å². The largest absolute Gasteiger partial charge is 0.463 e. The zero-order valence-electron chi connectivity index (χ0n) is 20.0.